The van der Waals surface area contributed by atoms with E-state index in [0.29, 0.717) is 24.3 Å². The number of primary amides is 1. The third-order valence-electron chi connectivity index (χ3n) is 11.4. The second-order valence-corrected chi connectivity index (χ2v) is 14.1. The minimum atomic E-state index is -4.86. The van der Waals surface area contributed by atoms with E-state index >= 15 is 0 Å². The Hall–Kier alpha value is -3.38. The van der Waals surface area contributed by atoms with E-state index in [1.54, 1.807) is 7.05 Å². The zero-order chi connectivity index (χ0) is 32.3. The number of phenols is 1. The van der Waals surface area contributed by atoms with Gasteiger partial charge in [0, 0.05) is 31.0 Å². The number of fused-ring (bicyclic) bond motifs is 5. The number of nitrogens with zero attached hydrogens (tertiary/aromatic N) is 1. The van der Waals surface area contributed by atoms with Gasteiger partial charge in [-0.05, 0) is 85.4 Å². The molecule has 6 N–H and O–H groups in total. The van der Waals surface area contributed by atoms with Crippen LogP contribution in [0.25, 0.3) is 5.76 Å². The molecule has 3 unspecified atom stereocenters. The monoisotopic (exact) mass is 618 g/mol. The molecule has 0 radical (unpaired) electrons. The summed E-state index contributed by atoms with van der Waals surface area (Å²) >= 11 is 0. The first-order valence-electron chi connectivity index (χ1n) is 15.0. The van der Waals surface area contributed by atoms with Crippen LogP contribution in [0.4, 0.5) is 13.2 Å². The van der Waals surface area contributed by atoms with Gasteiger partial charge in [-0.3, -0.25) is 14.4 Å². The normalized spacial score (nSPS) is 32.7. The number of aliphatic hydroxyl groups excluding tert-OH is 2. The lowest BCUT2D eigenvalue weighted by Gasteiger charge is -2.60. The Bertz CT molecular complexity index is 1560. The first kappa shape index (κ1) is 30.6. The number of halogens is 3. The van der Waals surface area contributed by atoms with Crippen LogP contribution in [0.5, 0.6) is 5.75 Å². The molecule has 0 aliphatic heterocycles. The van der Waals surface area contributed by atoms with Gasteiger partial charge in [-0.2, -0.15) is 13.2 Å². The van der Waals surface area contributed by atoms with Crippen molar-refractivity contribution in [2.24, 2.45) is 40.7 Å². The van der Waals surface area contributed by atoms with Crippen molar-refractivity contribution in [3.05, 3.63) is 45.2 Å². The van der Waals surface area contributed by atoms with E-state index in [4.69, 9.17) is 5.73 Å². The maximum atomic E-state index is 14.8. The number of hydrogen-bond acceptors (Lipinski definition) is 8. The number of Topliss-reactive ketones (excluding diaryl/α,β-unsaturated/α-hetero) is 2. The highest BCUT2D eigenvalue weighted by Crippen LogP contribution is 2.61. The second kappa shape index (κ2) is 9.81. The summed E-state index contributed by atoms with van der Waals surface area (Å²) in [5, 5.41) is 44.3. The van der Waals surface area contributed by atoms with Gasteiger partial charge in [-0.25, -0.2) is 0 Å². The minimum Gasteiger partial charge on any atom is -0.508 e. The van der Waals surface area contributed by atoms with Crippen LogP contribution >= 0.6 is 0 Å². The molecular formula is C32H37F3N2O7. The molecule has 1 aromatic rings. The molecule has 4 fully saturated rings. The van der Waals surface area contributed by atoms with Crippen molar-refractivity contribution in [3.8, 4) is 5.75 Å². The van der Waals surface area contributed by atoms with Crippen molar-refractivity contribution in [2.45, 2.75) is 70.7 Å². The van der Waals surface area contributed by atoms with E-state index in [1.807, 2.05) is 4.90 Å². The summed E-state index contributed by atoms with van der Waals surface area (Å²) in [7, 11) is 1.75. The molecular weight excluding hydrogens is 581 g/mol. The number of aromatic hydroxyl groups is 1. The SMILES string of the molecule is CN(Cc1cc(O)c2c(c1C(F)(F)F)CC1C[C@H]3CC(=O)C(C(N)=O)=C(O)[C@@]3(O)C(=O)C1=C2O)C[C@H]1CCC2CC1C2(C)C. The molecule has 238 valence electrons. The molecule has 0 aromatic heterocycles. The Kier molecular flexibility index (Phi) is 6.83. The van der Waals surface area contributed by atoms with Crippen molar-refractivity contribution in [3.63, 3.8) is 0 Å². The highest BCUT2D eigenvalue weighted by Gasteiger charge is 2.61. The molecule has 7 rings (SSSR count). The molecule has 9 nitrogen and oxygen atoms in total. The van der Waals surface area contributed by atoms with Crippen LogP contribution in [0, 0.1) is 35.0 Å². The van der Waals surface area contributed by atoms with E-state index < -0.39 is 93.5 Å². The molecule has 0 spiro atoms. The average molecular weight is 619 g/mol. The van der Waals surface area contributed by atoms with Gasteiger partial charge >= 0.3 is 6.18 Å². The van der Waals surface area contributed by atoms with Gasteiger partial charge in [0.05, 0.1) is 11.1 Å². The molecule has 1 amide bonds. The third-order valence-corrected chi connectivity index (χ3v) is 11.4. The van der Waals surface area contributed by atoms with Crippen LogP contribution in [0.1, 0.15) is 68.2 Å². The lowest BCUT2D eigenvalue weighted by molar-refractivity contribution is -0.147. The molecule has 1 aromatic carbocycles. The fourth-order valence-electron chi connectivity index (χ4n) is 9.18. The topological polar surface area (TPSA) is 161 Å². The minimum absolute atomic E-state index is 0.102. The van der Waals surface area contributed by atoms with Gasteiger partial charge in [0.1, 0.15) is 22.8 Å². The maximum absolute atomic E-state index is 14.8. The number of ketones is 2. The van der Waals surface area contributed by atoms with E-state index in [1.165, 1.54) is 0 Å². The van der Waals surface area contributed by atoms with Gasteiger partial charge < -0.3 is 31.1 Å². The number of rotatable bonds is 5. The van der Waals surface area contributed by atoms with E-state index in [-0.39, 0.29) is 29.5 Å². The Labute approximate surface area is 252 Å². The smallest absolute Gasteiger partial charge is 0.417 e. The summed E-state index contributed by atoms with van der Waals surface area (Å²) in [6.07, 6.45) is -2.82. The first-order chi connectivity index (χ1) is 20.4. The predicted molar refractivity (Wildman–Crippen MR) is 151 cm³/mol. The van der Waals surface area contributed by atoms with Gasteiger partial charge in [0.15, 0.2) is 11.4 Å². The fraction of sp³-hybridized carbons (Fsp3) is 0.594. The van der Waals surface area contributed by atoms with Gasteiger partial charge in [-0.15, -0.1) is 0 Å². The number of benzene rings is 1. The zero-order valence-electron chi connectivity index (χ0n) is 24.8. The number of phenolic OH excluding ortho intramolecular Hbond substituents is 1. The molecule has 2 bridgehead atoms. The van der Waals surface area contributed by atoms with Crippen LogP contribution < -0.4 is 5.73 Å². The van der Waals surface area contributed by atoms with Crippen molar-refractivity contribution in [1.29, 1.82) is 0 Å². The van der Waals surface area contributed by atoms with Crippen molar-refractivity contribution >= 4 is 23.2 Å². The summed E-state index contributed by atoms with van der Waals surface area (Å²) in [4.78, 5) is 39.9. The number of aliphatic hydroxyl groups is 3. The number of nitrogens with two attached hydrogens (primary N) is 1. The van der Waals surface area contributed by atoms with Gasteiger partial charge in [0.25, 0.3) is 5.91 Å². The summed E-state index contributed by atoms with van der Waals surface area (Å²) in [6, 6.07) is 0.964. The molecule has 0 heterocycles. The summed E-state index contributed by atoms with van der Waals surface area (Å²) < 4.78 is 44.4. The highest BCUT2D eigenvalue weighted by atomic mass is 19.4. The fourth-order valence-corrected chi connectivity index (χ4v) is 9.18. The lowest BCUT2D eigenvalue weighted by atomic mass is 9.45. The number of carbonyl (C=O) groups excluding carboxylic acids is 3. The number of carbonyl (C=O) groups is 3. The lowest BCUT2D eigenvalue weighted by Crippen LogP contribution is -2.58. The largest absolute Gasteiger partial charge is 0.508 e. The molecule has 6 aliphatic rings. The zero-order valence-corrected chi connectivity index (χ0v) is 24.8. The van der Waals surface area contributed by atoms with Crippen molar-refractivity contribution < 1.29 is 48.0 Å². The Morgan fingerprint density at radius 3 is 2.36 bits per heavy atom. The van der Waals surface area contributed by atoms with Crippen LogP contribution in [-0.4, -0.2) is 62.0 Å². The van der Waals surface area contributed by atoms with Crippen LogP contribution in [-0.2, 0) is 33.5 Å². The maximum Gasteiger partial charge on any atom is 0.417 e. The predicted octanol–water partition coefficient (Wildman–Crippen LogP) is 3.95. The van der Waals surface area contributed by atoms with E-state index in [9.17, 15) is 48.0 Å². The van der Waals surface area contributed by atoms with Crippen LogP contribution in [0.2, 0.25) is 0 Å². The van der Waals surface area contributed by atoms with Crippen LogP contribution in [0.15, 0.2) is 23.0 Å². The van der Waals surface area contributed by atoms with Crippen molar-refractivity contribution in [2.75, 3.05) is 13.6 Å². The number of hydrogen-bond donors (Lipinski definition) is 5. The summed E-state index contributed by atoms with van der Waals surface area (Å²) in [5.41, 5.74) is -0.881. The molecule has 6 atom stereocenters. The number of amides is 1. The Balaban J connectivity index is 1.39. The molecule has 6 aliphatic carbocycles. The van der Waals surface area contributed by atoms with Crippen molar-refractivity contribution in [1.82, 2.24) is 4.90 Å². The standard InChI is InChI=1S/C32H37F3N2O7/c1-30(2)16-5-4-13(19(30)9-16)11-37(3)12-15-8-20(38)23-18(25(15)32(33,34)35)7-14-6-17-10-21(39)24(29(36)43)28(42)31(17,44)27(41)22(14)26(23)40/h8,13-14,16-17,19,38,40,42,44H,4-7,9-12H2,1-3H3,(H2,36,43)/t13-,14?,16?,17+,19?,31+/m1/s1. The molecule has 0 saturated heterocycles. The number of alkyl halides is 3. The molecule has 4 saturated carbocycles. The molecule has 12 heteroatoms. The average Bonchev–Trinajstić information content (AvgIpc) is 2.89. The first-order valence-corrected chi connectivity index (χ1v) is 15.0. The highest BCUT2D eigenvalue weighted by molar-refractivity contribution is 6.22. The quantitative estimate of drug-likeness (QED) is 0.310. The van der Waals surface area contributed by atoms with Gasteiger partial charge in [0.2, 0.25) is 5.78 Å². The summed E-state index contributed by atoms with van der Waals surface area (Å²) in [5.74, 6) is -7.12. The Morgan fingerprint density at radius 1 is 1.09 bits per heavy atom. The summed E-state index contributed by atoms with van der Waals surface area (Å²) in [6.45, 7) is 5.00. The second-order valence-electron chi connectivity index (χ2n) is 14.1. The Morgan fingerprint density at radius 2 is 1.77 bits per heavy atom. The van der Waals surface area contributed by atoms with Crippen LogP contribution in [0.3, 0.4) is 0 Å². The van der Waals surface area contributed by atoms with Gasteiger partial charge in [-0.1, -0.05) is 13.8 Å². The van der Waals surface area contributed by atoms with E-state index in [0.717, 1.165) is 25.3 Å². The molecule has 44 heavy (non-hydrogen) atoms. The van der Waals surface area contributed by atoms with E-state index in [2.05, 4.69) is 13.8 Å². The third kappa shape index (κ3) is 4.23.